The Kier molecular flexibility index (Phi) is 4.34. The molecule has 0 radical (unpaired) electrons. The van der Waals surface area contributed by atoms with Crippen molar-refractivity contribution in [1.82, 2.24) is 0 Å². The van der Waals surface area contributed by atoms with E-state index in [4.69, 9.17) is 4.74 Å². The van der Waals surface area contributed by atoms with Gasteiger partial charge in [-0.1, -0.05) is 6.42 Å². The van der Waals surface area contributed by atoms with Gasteiger partial charge in [-0.2, -0.15) is 0 Å². The van der Waals surface area contributed by atoms with Gasteiger partial charge < -0.3 is 9.84 Å². The van der Waals surface area contributed by atoms with Crippen molar-refractivity contribution in [2.45, 2.75) is 69.0 Å². The summed E-state index contributed by atoms with van der Waals surface area (Å²) < 4.78 is 28.9. The van der Waals surface area contributed by atoms with Crippen LogP contribution in [0.5, 0.6) is 0 Å². The maximum atomic E-state index is 11.6. The highest BCUT2D eigenvalue weighted by Gasteiger charge is 2.38. The minimum Gasteiger partial charge on any atom is -0.390 e. The SMILES string of the molecule is CC1CCC(C(O)C2CCCC(S(C)(=O)=O)C2)O1. The van der Waals surface area contributed by atoms with E-state index in [1.54, 1.807) is 0 Å². The van der Waals surface area contributed by atoms with E-state index in [0.717, 1.165) is 32.1 Å². The second-order valence-corrected chi connectivity index (χ2v) is 8.26. The first-order valence-electron chi connectivity index (χ1n) is 6.90. The molecule has 5 unspecified atom stereocenters. The van der Waals surface area contributed by atoms with Gasteiger partial charge in [0, 0.05) is 6.26 Å². The number of ether oxygens (including phenoxy) is 1. The van der Waals surface area contributed by atoms with Crippen LogP contribution in [0.15, 0.2) is 0 Å². The standard InChI is InChI=1S/C13H24O4S/c1-9-6-7-12(17-9)13(14)10-4-3-5-11(8-10)18(2,15)16/h9-14H,3-8H2,1-2H3. The molecule has 0 spiro atoms. The first-order valence-corrected chi connectivity index (χ1v) is 8.85. The fourth-order valence-electron chi connectivity index (χ4n) is 3.27. The van der Waals surface area contributed by atoms with Crippen molar-refractivity contribution in [3.8, 4) is 0 Å². The highest BCUT2D eigenvalue weighted by Crippen LogP contribution is 2.35. The lowest BCUT2D eigenvalue weighted by molar-refractivity contribution is -0.0593. The first-order chi connectivity index (χ1) is 8.38. The smallest absolute Gasteiger partial charge is 0.150 e. The van der Waals surface area contributed by atoms with Gasteiger partial charge in [0.15, 0.2) is 0 Å². The van der Waals surface area contributed by atoms with Crippen LogP contribution in [-0.2, 0) is 14.6 Å². The molecule has 2 aliphatic rings. The fourth-order valence-corrected chi connectivity index (χ4v) is 4.46. The van der Waals surface area contributed by atoms with Crippen LogP contribution in [0.3, 0.4) is 0 Å². The topological polar surface area (TPSA) is 63.6 Å². The molecule has 0 amide bonds. The van der Waals surface area contributed by atoms with Crippen molar-refractivity contribution in [3.63, 3.8) is 0 Å². The van der Waals surface area contributed by atoms with Crippen LogP contribution >= 0.6 is 0 Å². The Morgan fingerprint density at radius 2 is 1.94 bits per heavy atom. The maximum Gasteiger partial charge on any atom is 0.150 e. The lowest BCUT2D eigenvalue weighted by Crippen LogP contribution is -2.39. The van der Waals surface area contributed by atoms with Crippen molar-refractivity contribution in [2.75, 3.05) is 6.26 Å². The Balaban J connectivity index is 1.96. The lowest BCUT2D eigenvalue weighted by atomic mass is 9.82. The number of hydrogen-bond donors (Lipinski definition) is 1. The number of sulfone groups is 1. The normalized spacial score (nSPS) is 39.7. The van der Waals surface area contributed by atoms with Crippen molar-refractivity contribution < 1.29 is 18.3 Å². The Morgan fingerprint density at radius 1 is 1.22 bits per heavy atom. The van der Waals surface area contributed by atoms with E-state index in [1.807, 2.05) is 6.92 Å². The molecule has 0 aromatic heterocycles. The highest BCUT2D eigenvalue weighted by molar-refractivity contribution is 7.91. The number of aliphatic hydroxyl groups excluding tert-OH is 1. The molecule has 1 aliphatic carbocycles. The predicted molar refractivity (Wildman–Crippen MR) is 70.2 cm³/mol. The maximum absolute atomic E-state index is 11.6. The second-order valence-electron chi connectivity index (χ2n) is 5.93. The average molecular weight is 276 g/mol. The minimum absolute atomic E-state index is 0.0776. The van der Waals surface area contributed by atoms with Gasteiger partial charge in [-0.05, 0) is 44.9 Å². The van der Waals surface area contributed by atoms with Crippen LogP contribution in [0.4, 0.5) is 0 Å². The number of aliphatic hydroxyl groups is 1. The summed E-state index contributed by atoms with van der Waals surface area (Å²) in [4.78, 5) is 0. The molecule has 106 valence electrons. The van der Waals surface area contributed by atoms with E-state index < -0.39 is 15.9 Å². The van der Waals surface area contributed by atoms with Crippen LogP contribution in [0.1, 0.15) is 45.4 Å². The van der Waals surface area contributed by atoms with Crippen molar-refractivity contribution in [2.24, 2.45) is 5.92 Å². The van der Waals surface area contributed by atoms with Gasteiger partial charge in [0.25, 0.3) is 0 Å². The van der Waals surface area contributed by atoms with Gasteiger partial charge >= 0.3 is 0 Å². The van der Waals surface area contributed by atoms with Crippen LogP contribution in [0.2, 0.25) is 0 Å². The molecule has 18 heavy (non-hydrogen) atoms. The molecule has 4 nitrogen and oxygen atoms in total. The van der Waals surface area contributed by atoms with E-state index in [1.165, 1.54) is 6.26 Å². The Morgan fingerprint density at radius 3 is 2.50 bits per heavy atom. The summed E-state index contributed by atoms with van der Waals surface area (Å²) in [7, 11) is -2.98. The molecule has 1 aliphatic heterocycles. The molecule has 1 N–H and O–H groups in total. The molecule has 0 aromatic carbocycles. The Bertz CT molecular complexity index is 378. The third-order valence-corrected chi connectivity index (χ3v) is 6.04. The Hall–Kier alpha value is -0.130. The zero-order valence-corrected chi connectivity index (χ0v) is 12.0. The molecular formula is C13H24O4S. The summed E-state index contributed by atoms with van der Waals surface area (Å²) >= 11 is 0. The molecule has 1 heterocycles. The molecule has 1 saturated carbocycles. The molecule has 5 atom stereocenters. The van der Waals surface area contributed by atoms with Crippen LogP contribution in [0.25, 0.3) is 0 Å². The van der Waals surface area contributed by atoms with Crippen LogP contribution < -0.4 is 0 Å². The molecule has 5 heteroatoms. The van der Waals surface area contributed by atoms with E-state index in [2.05, 4.69) is 0 Å². The third-order valence-electron chi connectivity index (χ3n) is 4.40. The molecular weight excluding hydrogens is 252 g/mol. The summed E-state index contributed by atoms with van der Waals surface area (Å²) in [6.07, 6.45) is 5.95. The lowest BCUT2D eigenvalue weighted by Gasteiger charge is -2.33. The summed E-state index contributed by atoms with van der Waals surface area (Å²) in [5.74, 6) is 0.0776. The van der Waals surface area contributed by atoms with E-state index in [9.17, 15) is 13.5 Å². The zero-order valence-electron chi connectivity index (χ0n) is 11.2. The summed E-state index contributed by atoms with van der Waals surface area (Å²) in [6, 6.07) is 0. The molecule has 1 saturated heterocycles. The van der Waals surface area contributed by atoms with Crippen LogP contribution in [-0.4, -0.2) is 43.3 Å². The van der Waals surface area contributed by atoms with Gasteiger partial charge in [0.2, 0.25) is 0 Å². The average Bonchev–Trinajstić information content (AvgIpc) is 2.74. The van der Waals surface area contributed by atoms with Gasteiger partial charge in [0.1, 0.15) is 9.84 Å². The van der Waals surface area contributed by atoms with Crippen molar-refractivity contribution in [1.29, 1.82) is 0 Å². The molecule has 0 bridgehead atoms. The summed E-state index contributed by atoms with van der Waals surface area (Å²) in [5, 5.41) is 10.1. The van der Waals surface area contributed by atoms with Crippen molar-refractivity contribution in [3.05, 3.63) is 0 Å². The molecule has 0 aromatic rings. The van der Waals surface area contributed by atoms with E-state index >= 15 is 0 Å². The fraction of sp³-hybridized carbons (Fsp3) is 1.00. The third kappa shape index (κ3) is 3.25. The highest BCUT2D eigenvalue weighted by atomic mass is 32.2. The molecule has 2 rings (SSSR count). The Labute approximate surface area is 110 Å². The van der Waals surface area contributed by atoms with Gasteiger partial charge in [-0.15, -0.1) is 0 Å². The zero-order chi connectivity index (χ0) is 13.3. The van der Waals surface area contributed by atoms with Gasteiger partial charge in [-0.25, -0.2) is 8.42 Å². The van der Waals surface area contributed by atoms with Crippen molar-refractivity contribution >= 4 is 9.84 Å². The van der Waals surface area contributed by atoms with Crippen LogP contribution in [0, 0.1) is 5.92 Å². The van der Waals surface area contributed by atoms with E-state index in [-0.39, 0.29) is 23.4 Å². The summed E-state index contributed by atoms with van der Waals surface area (Å²) in [5.41, 5.74) is 0. The monoisotopic (exact) mass is 276 g/mol. The van der Waals surface area contributed by atoms with Gasteiger partial charge in [0.05, 0.1) is 23.6 Å². The second kappa shape index (κ2) is 5.47. The van der Waals surface area contributed by atoms with E-state index in [0.29, 0.717) is 6.42 Å². The minimum atomic E-state index is -2.98. The largest absolute Gasteiger partial charge is 0.390 e. The number of hydrogen-bond acceptors (Lipinski definition) is 4. The molecule has 2 fully saturated rings. The predicted octanol–water partition coefficient (Wildman–Crippen LogP) is 1.52. The summed E-state index contributed by atoms with van der Waals surface area (Å²) in [6.45, 7) is 2.02. The van der Waals surface area contributed by atoms with Gasteiger partial charge in [-0.3, -0.25) is 0 Å². The number of rotatable bonds is 3. The first kappa shape index (κ1) is 14.3. The quantitative estimate of drug-likeness (QED) is 0.849.